The van der Waals surface area contributed by atoms with Gasteiger partial charge in [-0.15, -0.1) is 12.4 Å². The molecule has 1 aromatic rings. The smallest absolute Gasteiger partial charge is 0.244 e. The molecule has 1 aromatic carbocycles. The summed E-state index contributed by atoms with van der Waals surface area (Å²) < 4.78 is 34.7. The van der Waals surface area contributed by atoms with Gasteiger partial charge in [-0.05, 0) is 30.9 Å². The molecule has 2 aliphatic rings. The highest BCUT2D eigenvalue weighted by atomic mass is 79.9. The summed E-state index contributed by atoms with van der Waals surface area (Å²) in [6, 6.07) is 3.32. The standard InChI is InChI=1S/C15H21BrN2O3S.ClH/c16-12-7-11-5-6-21-15(11)14(8-12)22(19,20)18-13(9-17)10-3-1-2-4-10;/h7-8,10,13,18H,1-6,9,17H2;1H. The van der Waals surface area contributed by atoms with Gasteiger partial charge in [0.15, 0.2) is 0 Å². The number of ether oxygens (including phenoxy) is 1. The SMILES string of the molecule is Cl.NCC(NS(=O)(=O)c1cc(Br)cc2c1OCC2)C1CCCC1. The second kappa shape index (κ2) is 7.70. The van der Waals surface area contributed by atoms with E-state index in [4.69, 9.17) is 10.5 Å². The molecule has 8 heteroatoms. The van der Waals surface area contributed by atoms with E-state index >= 15 is 0 Å². The average molecular weight is 426 g/mol. The van der Waals surface area contributed by atoms with Gasteiger partial charge in [-0.2, -0.15) is 0 Å². The predicted octanol–water partition coefficient (Wildman–Crippen LogP) is 2.60. The van der Waals surface area contributed by atoms with Crippen LogP contribution in [0.5, 0.6) is 5.75 Å². The van der Waals surface area contributed by atoms with Crippen molar-refractivity contribution in [2.45, 2.75) is 43.0 Å². The first-order chi connectivity index (χ1) is 10.5. The van der Waals surface area contributed by atoms with E-state index in [9.17, 15) is 8.42 Å². The van der Waals surface area contributed by atoms with E-state index in [0.29, 0.717) is 24.8 Å². The van der Waals surface area contributed by atoms with Crippen molar-refractivity contribution in [3.63, 3.8) is 0 Å². The van der Waals surface area contributed by atoms with E-state index in [2.05, 4.69) is 20.7 Å². The highest BCUT2D eigenvalue weighted by Crippen LogP contribution is 2.36. The van der Waals surface area contributed by atoms with Crippen molar-refractivity contribution in [2.75, 3.05) is 13.2 Å². The number of benzene rings is 1. The number of nitrogens with two attached hydrogens (primary N) is 1. The van der Waals surface area contributed by atoms with Crippen LogP contribution in [0.2, 0.25) is 0 Å². The molecule has 130 valence electrons. The molecule has 1 heterocycles. The van der Waals surface area contributed by atoms with Crippen LogP contribution < -0.4 is 15.2 Å². The third-order valence-electron chi connectivity index (χ3n) is 4.53. The first kappa shape index (κ1) is 19.0. The zero-order chi connectivity index (χ0) is 15.7. The summed E-state index contributed by atoms with van der Waals surface area (Å²) in [5.74, 6) is 0.818. The number of halogens is 2. The molecule has 1 aliphatic carbocycles. The monoisotopic (exact) mass is 424 g/mol. The molecule has 3 N–H and O–H groups in total. The summed E-state index contributed by atoms with van der Waals surface area (Å²) in [6.07, 6.45) is 5.12. The van der Waals surface area contributed by atoms with Crippen molar-refractivity contribution in [1.82, 2.24) is 4.72 Å². The Bertz CT molecular complexity index is 663. The largest absolute Gasteiger partial charge is 0.492 e. The van der Waals surface area contributed by atoms with Gasteiger partial charge in [0, 0.05) is 29.0 Å². The third-order valence-corrected chi connectivity index (χ3v) is 6.49. The molecule has 0 spiro atoms. The van der Waals surface area contributed by atoms with E-state index in [1.165, 1.54) is 0 Å². The van der Waals surface area contributed by atoms with Crippen LogP contribution in [0.3, 0.4) is 0 Å². The van der Waals surface area contributed by atoms with Crippen molar-refractivity contribution in [1.29, 1.82) is 0 Å². The third kappa shape index (κ3) is 4.02. The molecule has 0 saturated heterocycles. The number of nitrogens with one attached hydrogen (secondary N) is 1. The Kier molecular flexibility index (Phi) is 6.35. The molecule has 1 fully saturated rings. The Morgan fingerprint density at radius 3 is 2.70 bits per heavy atom. The van der Waals surface area contributed by atoms with Crippen LogP contribution in [0.15, 0.2) is 21.5 Å². The van der Waals surface area contributed by atoms with Gasteiger partial charge in [-0.25, -0.2) is 13.1 Å². The molecule has 1 aliphatic heterocycles. The van der Waals surface area contributed by atoms with Crippen molar-refractivity contribution in [2.24, 2.45) is 11.7 Å². The zero-order valence-electron chi connectivity index (χ0n) is 12.8. The number of sulfonamides is 1. The maximum atomic E-state index is 12.8. The van der Waals surface area contributed by atoms with E-state index in [-0.39, 0.29) is 23.3 Å². The minimum Gasteiger partial charge on any atom is -0.492 e. The Morgan fingerprint density at radius 1 is 1.35 bits per heavy atom. The highest BCUT2D eigenvalue weighted by Gasteiger charge is 2.31. The van der Waals surface area contributed by atoms with Crippen molar-refractivity contribution >= 4 is 38.4 Å². The quantitative estimate of drug-likeness (QED) is 0.760. The van der Waals surface area contributed by atoms with Gasteiger partial charge in [0.1, 0.15) is 10.6 Å². The number of rotatable bonds is 5. The summed E-state index contributed by atoms with van der Waals surface area (Å²) in [7, 11) is -3.64. The normalized spacial score (nSPS) is 19.0. The van der Waals surface area contributed by atoms with Crippen LogP contribution in [-0.2, 0) is 16.4 Å². The van der Waals surface area contributed by atoms with Crippen LogP contribution in [0.4, 0.5) is 0 Å². The lowest BCUT2D eigenvalue weighted by Crippen LogP contribution is -2.44. The van der Waals surface area contributed by atoms with E-state index in [1.807, 2.05) is 6.07 Å². The molecule has 5 nitrogen and oxygen atoms in total. The predicted molar refractivity (Wildman–Crippen MR) is 95.7 cm³/mol. The van der Waals surface area contributed by atoms with E-state index in [1.54, 1.807) is 6.07 Å². The molecule has 0 aromatic heterocycles. The molecular formula is C15H22BrClN2O3S. The summed E-state index contributed by atoms with van der Waals surface area (Å²) in [4.78, 5) is 0.214. The number of hydrogen-bond donors (Lipinski definition) is 2. The minimum absolute atomic E-state index is 0. The van der Waals surface area contributed by atoms with Gasteiger partial charge in [0.05, 0.1) is 6.61 Å². The average Bonchev–Trinajstić information content (AvgIpc) is 3.14. The number of fused-ring (bicyclic) bond motifs is 1. The Hall–Kier alpha value is -0.340. The first-order valence-corrected chi connectivity index (χ1v) is 9.96. The van der Waals surface area contributed by atoms with E-state index < -0.39 is 10.0 Å². The van der Waals surface area contributed by atoms with Gasteiger partial charge < -0.3 is 10.5 Å². The fraction of sp³-hybridized carbons (Fsp3) is 0.600. The first-order valence-electron chi connectivity index (χ1n) is 7.69. The summed E-state index contributed by atoms with van der Waals surface area (Å²) in [5, 5.41) is 0. The number of hydrogen-bond acceptors (Lipinski definition) is 4. The maximum absolute atomic E-state index is 12.8. The Balaban J connectivity index is 0.00000192. The summed E-state index contributed by atoms with van der Waals surface area (Å²) in [6.45, 7) is 0.845. The van der Waals surface area contributed by atoms with Gasteiger partial charge in [-0.1, -0.05) is 28.8 Å². The molecule has 0 radical (unpaired) electrons. The minimum atomic E-state index is -3.64. The van der Waals surface area contributed by atoms with E-state index in [0.717, 1.165) is 42.1 Å². The van der Waals surface area contributed by atoms with Crippen LogP contribution in [0, 0.1) is 5.92 Å². The second-order valence-electron chi connectivity index (χ2n) is 6.00. The second-order valence-corrected chi connectivity index (χ2v) is 8.60. The zero-order valence-corrected chi connectivity index (χ0v) is 16.0. The molecule has 0 amide bonds. The lowest BCUT2D eigenvalue weighted by Gasteiger charge is -2.23. The van der Waals surface area contributed by atoms with Crippen molar-refractivity contribution in [3.05, 3.63) is 22.2 Å². The van der Waals surface area contributed by atoms with Gasteiger partial charge in [0.25, 0.3) is 0 Å². The van der Waals surface area contributed by atoms with Gasteiger partial charge in [-0.3, -0.25) is 0 Å². The highest BCUT2D eigenvalue weighted by molar-refractivity contribution is 9.10. The molecule has 0 bridgehead atoms. The molecule has 1 unspecified atom stereocenters. The van der Waals surface area contributed by atoms with Crippen molar-refractivity contribution < 1.29 is 13.2 Å². The van der Waals surface area contributed by atoms with Crippen LogP contribution >= 0.6 is 28.3 Å². The molecule has 1 saturated carbocycles. The summed E-state index contributed by atoms with van der Waals surface area (Å²) in [5.41, 5.74) is 6.74. The van der Waals surface area contributed by atoms with Crippen LogP contribution in [0.1, 0.15) is 31.2 Å². The molecular weight excluding hydrogens is 404 g/mol. The molecule has 1 atom stereocenters. The summed E-state index contributed by atoms with van der Waals surface area (Å²) >= 11 is 3.39. The fourth-order valence-corrected chi connectivity index (χ4v) is 5.58. The Morgan fingerprint density at radius 2 is 2.04 bits per heavy atom. The van der Waals surface area contributed by atoms with Gasteiger partial charge in [0.2, 0.25) is 10.0 Å². The lowest BCUT2D eigenvalue weighted by atomic mass is 9.99. The molecule has 3 rings (SSSR count). The van der Waals surface area contributed by atoms with Crippen molar-refractivity contribution in [3.8, 4) is 5.75 Å². The van der Waals surface area contributed by atoms with Crippen LogP contribution in [-0.4, -0.2) is 27.6 Å². The lowest BCUT2D eigenvalue weighted by molar-refractivity contribution is 0.347. The Labute approximate surface area is 151 Å². The fourth-order valence-electron chi connectivity index (χ4n) is 3.39. The topological polar surface area (TPSA) is 81.4 Å². The molecule has 23 heavy (non-hydrogen) atoms. The van der Waals surface area contributed by atoms with Gasteiger partial charge >= 0.3 is 0 Å². The van der Waals surface area contributed by atoms with Crippen LogP contribution in [0.25, 0.3) is 0 Å². The maximum Gasteiger partial charge on any atom is 0.244 e.